The number of rotatable bonds is 8. The fourth-order valence-electron chi connectivity index (χ4n) is 7.45. The monoisotopic (exact) mass is 807 g/mol. The molecule has 306 valence electrons. The number of nitrogens with zero attached hydrogens (tertiary/aromatic N) is 2. The molecular formula is C38H48F3N5O9S. The lowest BCUT2D eigenvalue weighted by Gasteiger charge is -2.34. The first-order valence-corrected chi connectivity index (χ1v) is 20.3. The van der Waals surface area contributed by atoms with Gasteiger partial charge in [-0.2, -0.15) is 13.2 Å². The number of benzene rings is 1. The minimum absolute atomic E-state index is 0.0308. The number of ether oxygens (including phenoxy) is 3. The zero-order valence-electron chi connectivity index (χ0n) is 31.9. The molecular weight excluding hydrogens is 760 g/mol. The number of sulfonamides is 1. The van der Waals surface area contributed by atoms with Crippen LogP contribution in [0, 0.1) is 17.8 Å². The second-order valence-corrected chi connectivity index (χ2v) is 17.9. The second-order valence-electron chi connectivity index (χ2n) is 16.0. The number of hydrogen-bond donors (Lipinski definition) is 3. The van der Waals surface area contributed by atoms with Gasteiger partial charge in [-0.05, 0) is 93.9 Å². The molecule has 7 unspecified atom stereocenters. The van der Waals surface area contributed by atoms with Crippen LogP contribution in [0.3, 0.4) is 0 Å². The van der Waals surface area contributed by atoms with Crippen LogP contribution in [0.15, 0.2) is 42.6 Å². The van der Waals surface area contributed by atoms with Crippen molar-refractivity contribution >= 4 is 44.6 Å². The number of fused-ring (bicyclic) bond motifs is 3. The zero-order valence-corrected chi connectivity index (χ0v) is 32.7. The lowest BCUT2D eigenvalue weighted by Crippen LogP contribution is -2.59. The average Bonchev–Trinajstić information content (AvgIpc) is 4.04. The maximum Gasteiger partial charge on any atom is 0.427 e. The van der Waals surface area contributed by atoms with Gasteiger partial charge in [0.25, 0.3) is 5.91 Å². The first-order valence-electron chi connectivity index (χ1n) is 18.8. The highest BCUT2D eigenvalue weighted by Gasteiger charge is 2.62. The Bertz CT molecular complexity index is 2010. The first kappa shape index (κ1) is 41.0. The third-order valence-electron chi connectivity index (χ3n) is 11.1. The molecule has 1 aromatic heterocycles. The van der Waals surface area contributed by atoms with Crippen LogP contribution in [-0.2, 0) is 29.1 Å². The summed E-state index contributed by atoms with van der Waals surface area (Å²) >= 11 is 0. The third-order valence-corrected chi connectivity index (χ3v) is 13.0. The number of aromatic nitrogens is 1. The summed E-state index contributed by atoms with van der Waals surface area (Å²) < 4.78 is 85.4. The summed E-state index contributed by atoms with van der Waals surface area (Å²) in [5.41, 5.74) is -4.50. The molecule has 1 saturated heterocycles. The van der Waals surface area contributed by atoms with Crippen LogP contribution >= 0.6 is 0 Å². The van der Waals surface area contributed by atoms with Gasteiger partial charge in [0.2, 0.25) is 33.3 Å². The van der Waals surface area contributed by atoms with E-state index in [9.17, 15) is 40.8 Å². The molecule has 2 saturated carbocycles. The average molecular weight is 808 g/mol. The molecule has 14 nitrogen and oxygen atoms in total. The van der Waals surface area contributed by atoms with Gasteiger partial charge in [-0.3, -0.25) is 19.1 Å². The molecule has 1 aromatic carbocycles. The van der Waals surface area contributed by atoms with Crippen LogP contribution in [0.4, 0.5) is 18.0 Å². The quantitative estimate of drug-likeness (QED) is 0.321. The van der Waals surface area contributed by atoms with Gasteiger partial charge in [0.15, 0.2) is 0 Å². The van der Waals surface area contributed by atoms with Crippen molar-refractivity contribution in [3.63, 3.8) is 0 Å². The maximum absolute atomic E-state index is 14.7. The summed E-state index contributed by atoms with van der Waals surface area (Å²) in [4.78, 5) is 61.5. The predicted octanol–water partition coefficient (Wildman–Crippen LogP) is 4.52. The Hall–Kier alpha value is -4.61. The minimum Gasteiger partial charge on any atom is -0.497 e. The molecule has 3 N–H and O–H groups in total. The van der Waals surface area contributed by atoms with Gasteiger partial charge in [-0.25, -0.2) is 18.2 Å². The number of amides is 4. The summed E-state index contributed by atoms with van der Waals surface area (Å²) in [5.74, 6) is -2.83. The minimum atomic E-state index is -4.91. The van der Waals surface area contributed by atoms with Crippen molar-refractivity contribution < 1.29 is 55.0 Å². The fraction of sp³-hybridized carbons (Fsp3) is 0.605. The predicted molar refractivity (Wildman–Crippen MR) is 197 cm³/mol. The Kier molecular flexibility index (Phi) is 11.3. The van der Waals surface area contributed by atoms with E-state index in [0.29, 0.717) is 57.1 Å². The van der Waals surface area contributed by atoms with E-state index >= 15 is 0 Å². The number of alkyl halides is 3. The molecule has 6 rings (SSSR count). The van der Waals surface area contributed by atoms with Crippen molar-refractivity contribution in [2.75, 3.05) is 13.7 Å². The maximum atomic E-state index is 14.7. The van der Waals surface area contributed by atoms with Crippen molar-refractivity contribution in [2.24, 2.45) is 17.8 Å². The highest BCUT2D eigenvalue weighted by molar-refractivity contribution is 7.91. The molecule has 0 bridgehead atoms. The summed E-state index contributed by atoms with van der Waals surface area (Å²) in [6.45, 7) is 4.80. The number of halogens is 3. The molecule has 3 heterocycles. The summed E-state index contributed by atoms with van der Waals surface area (Å²) in [6, 6.07) is 4.27. The highest BCUT2D eigenvalue weighted by atomic mass is 32.2. The molecule has 0 radical (unpaired) electrons. The molecule has 4 amide bonds. The first-order chi connectivity index (χ1) is 26.2. The van der Waals surface area contributed by atoms with Crippen molar-refractivity contribution in [1.82, 2.24) is 25.2 Å². The molecule has 3 fully saturated rings. The van der Waals surface area contributed by atoms with E-state index in [2.05, 4.69) is 20.3 Å². The van der Waals surface area contributed by atoms with Crippen LogP contribution in [0.2, 0.25) is 0 Å². The number of allylic oxidation sites excluding steroid dienone is 1. The molecule has 2 aliphatic carbocycles. The lowest BCUT2D eigenvalue weighted by molar-refractivity contribution is -0.244. The molecule has 4 aliphatic rings. The molecule has 7 atom stereocenters. The zero-order chi connectivity index (χ0) is 40.8. The normalized spacial score (nSPS) is 28.9. The second kappa shape index (κ2) is 15.4. The number of nitrogens with one attached hydrogen (secondary N) is 3. The Morgan fingerprint density at radius 1 is 1.07 bits per heavy atom. The standard InChI is InChI=1S/C38H48F3N5O9S/c1-21-8-6-7-9-24-19-37(24,34(49)45-56(51,52)27-11-12-27)44-31(47)29-18-26(54-32-28-13-10-25(53-5)17-23(28)14-15-42-32)20-46(29)33(48)30(22(2)16-21)43-35(50)55-36(3,4)38(39,40)41/h7,9-10,13-15,17,21-22,24,26-27,29-30H,6,8,11-12,16,18-20H2,1-5H3,(H,43,50)(H,44,47)(H,45,49). The highest BCUT2D eigenvalue weighted by Crippen LogP contribution is 2.46. The molecule has 56 heavy (non-hydrogen) atoms. The van der Waals surface area contributed by atoms with E-state index in [1.165, 1.54) is 18.2 Å². The van der Waals surface area contributed by atoms with Crippen LogP contribution in [0.1, 0.15) is 72.6 Å². The van der Waals surface area contributed by atoms with Gasteiger partial charge < -0.3 is 29.7 Å². The number of pyridine rings is 1. The van der Waals surface area contributed by atoms with Gasteiger partial charge in [0.05, 0.1) is 18.9 Å². The van der Waals surface area contributed by atoms with E-state index in [0.717, 1.165) is 5.39 Å². The molecule has 18 heteroatoms. The third kappa shape index (κ3) is 8.69. The number of carbonyl (C=O) groups is 4. The smallest absolute Gasteiger partial charge is 0.427 e. The Morgan fingerprint density at radius 3 is 2.48 bits per heavy atom. The largest absolute Gasteiger partial charge is 0.497 e. The fourth-order valence-corrected chi connectivity index (χ4v) is 8.81. The van der Waals surface area contributed by atoms with E-state index in [4.69, 9.17) is 14.2 Å². The molecule has 0 spiro atoms. The van der Waals surface area contributed by atoms with Gasteiger partial charge >= 0.3 is 12.3 Å². The number of methoxy groups -OCH3 is 1. The Balaban J connectivity index is 1.34. The molecule has 2 aliphatic heterocycles. The van der Waals surface area contributed by atoms with Crippen molar-refractivity contribution in [2.45, 2.75) is 113 Å². The van der Waals surface area contributed by atoms with Crippen molar-refractivity contribution in [3.05, 3.63) is 42.6 Å². The lowest BCUT2D eigenvalue weighted by atomic mass is 9.88. The topological polar surface area (TPSA) is 182 Å². The van der Waals surface area contributed by atoms with Crippen LogP contribution in [0.5, 0.6) is 11.6 Å². The van der Waals surface area contributed by atoms with Crippen LogP contribution < -0.4 is 24.8 Å². The van der Waals surface area contributed by atoms with Crippen molar-refractivity contribution in [3.8, 4) is 11.6 Å². The summed E-state index contributed by atoms with van der Waals surface area (Å²) in [7, 11) is -2.44. The van der Waals surface area contributed by atoms with E-state index in [1.807, 2.05) is 13.0 Å². The van der Waals surface area contributed by atoms with E-state index in [1.54, 1.807) is 37.3 Å². The Morgan fingerprint density at radius 2 is 1.80 bits per heavy atom. The van der Waals surface area contributed by atoms with Crippen LogP contribution in [-0.4, -0.2) is 96.5 Å². The summed E-state index contributed by atoms with van der Waals surface area (Å²) in [6.07, 6.45) is 0.318. The number of hydrogen-bond acceptors (Lipinski definition) is 10. The van der Waals surface area contributed by atoms with Crippen molar-refractivity contribution in [1.29, 1.82) is 0 Å². The summed E-state index contributed by atoms with van der Waals surface area (Å²) in [5, 5.41) is 5.82. The Labute approximate surface area is 323 Å². The number of alkyl carbamates (subject to hydrolysis) is 1. The van der Waals surface area contributed by atoms with Gasteiger partial charge in [0, 0.05) is 23.9 Å². The van der Waals surface area contributed by atoms with Crippen LogP contribution in [0.25, 0.3) is 10.8 Å². The van der Waals surface area contributed by atoms with E-state index in [-0.39, 0.29) is 31.2 Å². The SMILES string of the molecule is COc1ccc2c(OC3CC4C(=O)NC5(C(=O)NS(=O)(=O)C6CC6)CC5C=CCCC(C)CC(C)C(NC(=O)OC(C)(C)C(F)(F)F)C(=O)N4C3)nccc2c1. The van der Waals surface area contributed by atoms with Gasteiger partial charge in [-0.15, -0.1) is 0 Å². The number of carbonyl (C=O) groups excluding carboxylic acids is 4. The van der Waals surface area contributed by atoms with E-state index < -0.39 is 86.4 Å². The van der Waals surface area contributed by atoms with Gasteiger partial charge in [-0.1, -0.05) is 26.0 Å². The molecule has 2 aromatic rings. The van der Waals surface area contributed by atoms with Gasteiger partial charge in [0.1, 0.15) is 29.5 Å².